The van der Waals surface area contributed by atoms with Crippen LogP contribution in [0.1, 0.15) is 24.0 Å². The molecular weight excluding hydrogens is 315 g/mol. The Morgan fingerprint density at radius 1 is 0.789 bits per heavy atom. The van der Waals surface area contributed by atoms with Gasteiger partial charge in [-0.1, -0.05) is 47.5 Å². The fraction of sp³-hybridized carbons (Fsp3) is 0.200. The number of rotatable bonds is 3. The Kier molecular flexibility index (Phi) is 4.78. The minimum absolute atomic E-state index is 0.0497. The third-order valence-corrected chi connectivity index (χ3v) is 3.97. The average molecular weight is 329 g/mol. The van der Waals surface area contributed by atoms with Crippen LogP contribution in [0.5, 0.6) is 0 Å². The van der Waals surface area contributed by atoms with E-state index >= 15 is 0 Å². The van der Waals surface area contributed by atoms with Gasteiger partial charge in [-0.05, 0) is 42.3 Å². The lowest BCUT2D eigenvalue weighted by Gasteiger charge is -2.30. The SMILES string of the molecule is CC(S)(S)C(c1ccc(Cl)cc1)c1ccc(Cl)cc1. The molecule has 0 atom stereocenters. The van der Waals surface area contributed by atoms with Crippen molar-refractivity contribution in [2.45, 2.75) is 16.9 Å². The summed E-state index contributed by atoms with van der Waals surface area (Å²) < 4.78 is -0.484. The molecule has 0 fully saturated rings. The van der Waals surface area contributed by atoms with E-state index in [1.807, 2.05) is 55.5 Å². The van der Waals surface area contributed by atoms with Crippen LogP contribution < -0.4 is 0 Å². The third-order valence-electron chi connectivity index (χ3n) is 2.95. The minimum atomic E-state index is -0.484. The van der Waals surface area contributed by atoms with Gasteiger partial charge in [-0.3, -0.25) is 0 Å². The highest BCUT2D eigenvalue weighted by atomic mass is 35.5. The Morgan fingerprint density at radius 2 is 1.11 bits per heavy atom. The van der Waals surface area contributed by atoms with Crippen LogP contribution in [0, 0.1) is 0 Å². The topological polar surface area (TPSA) is 0 Å². The predicted octanol–water partition coefficient (Wildman–Crippen LogP) is 5.70. The third kappa shape index (κ3) is 3.85. The van der Waals surface area contributed by atoms with E-state index in [1.165, 1.54) is 0 Å². The molecule has 0 nitrogen and oxygen atoms in total. The van der Waals surface area contributed by atoms with Crippen LogP contribution in [0.15, 0.2) is 48.5 Å². The van der Waals surface area contributed by atoms with E-state index in [0.717, 1.165) is 21.2 Å². The van der Waals surface area contributed by atoms with Gasteiger partial charge in [0.05, 0.1) is 4.08 Å². The van der Waals surface area contributed by atoms with E-state index in [-0.39, 0.29) is 5.92 Å². The molecular formula is C15H14Cl2S2. The highest BCUT2D eigenvalue weighted by Gasteiger charge is 2.29. The molecule has 2 aromatic rings. The second-order valence-electron chi connectivity index (χ2n) is 4.63. The molecule has 19 heavy (non-hydrogen) atoms. The summed E-state index contributed by atoms with van der Waals surface area (Å²) in [5, 5.41) is 1.44. The Bertz CT molecular complexity index is 496. The molecule has 0 spiro atoms. The van der Waals surface area contributed by atoms with Crippen molar-refractivity contribution in [1.29, 1.82) is 0 Å². The Hall–Kier alpha value is -0.280. The Labute approximate surface area is 134 Å². The lowest BCUT2D eigenvalue weighted by atomic mass is 9.88. The molecule has 0 radical (unpaired) electrons. The van der Waals surface area contributed by atoms with E-state index in [9.17, 15) is 0 Å². The Balaban J connectivity index is 2.47. The summed E-state index contributed by atoms with van der Waals surface area (Å²) in [7, 11) is 0. The van der Waals surface area contributed by atoms with Crippen molar-refractivity contribution in [2.24, 2.45) is 0 Å². The molecule has 0 aliphatic rings. The number of hydrogen-bond acceptors (Lipinski definition) is 2. The smallest absolute Gasteiger partial charge is 0.0632 e. The van der Waals surface area contributed by atoms with Crippen molar-refractivity contribution in [3.63, 3.8) is 0 Å². The zero-order chi connectivity index (χ0) is 14.0. The highest BCUT2D eigenvalue weighted by molar-refractivity contribution is 8.00. The van der Waals surface area contributed by atoms with Crippen molar-refractivity contribution < 1.29 is 0 Å². The van der Waals surface area contributed by atoms with E-state index in [4.69, 9.17) is 23.2 Å². The van der Waals surface area contributed by atoms with E-state index in [2.05, 4.69) is 25.3 Å². The van der Waals surface area contributed by atoms with Crippen LogP contribution >= 0.6 is 48.5 Å². The summed E-state index contributed by atoms with van der Waals surface area (Å²) in [6, 6.07) is 15.6. The monoisotopic (exact) mass is 328 g/mol. The fourth-order valence-corrected chi connectivity index (χ4v) is 2.98. The summed E-state index contributed by atoms with van der Waals surface area (Å²) in [4.78, 5) is 0. The lowest BCUT2D eigenvalue weighted by Crippen LogP contribution is -2.21. The van der Waals surface area contributed by atoms with Gasteiger partial charge in [0, 0.05) is 16.0 Å². The summed E-state index contributed by atoms with van der Waals surface area (Å²) in [6.07, 6.45) is 0. The van der Waals surface area contributed by atoms with Crippen molar-refractivity contribution in [3.8, 4) is 0 Å². The van der Waals surface area contributed by atoms with Crippen molar-refractivity contribution in [1.82, 2.24) is 0 Å². The number of halogens is 2. The van der Waals surface area contributed by atoms with Crippen LogP contribution in [0.25, 0.3) is 0 Å². The summed E-state index contributed by atoms with van der Waals surface area (Å²) in [5.74, 6) is 0.0497. The van der Waals surface area contributed by atoms with Gasteiger partial charge in [-0.25, -0.2) is 0 Å². The zero-order valence-corrected chi connectivity index (χ0v) is 13.6. The second kappa shape index (κ2) is 6.01. The molecule has 0 saturated heterocycles. The summed E-state index contributed by atoms with van der Waals surface area (Å²) >= 11 is 21.1. The standard InChI is InChI=1S/C15H14Cl2S2/c1-15(18,19)14(10-2-6-12(16)7-3-10)11-4-8-13(17)9-5-11/h2-9,14,18-19H,1H3. The highest BCUT2D eigenvalue weighted by Crippen LogP contribution is 2.42. The Morgan fingerprint density at radius 3 is 1.37 bits per heavy atom. The van der Waals surface area contributed by atoms with Crippen LogP contribution in [0.2, 0.25) is 10.0 Å². The number of hydrogen-bond donors (Lipinski definition) is 2. The van der Waals surface area contributed by atoms with E-state index < -0.39 is 4.08 Å². The van der Waals surface area contributed by atoms with E-state index in [0.29, 0.717) is 0 Å². The van der Waals surface area contributed by atoms with Gasteiger partial charge in [-0.2, -0.15) is 25.3 Å². The average Bonchev–Trinajstić information content (AvgIpc) is 2.33. The largest absolute Gasteiger partial charge is 0.161 e. The van der Waals surface area contributed by atoms with Gasteiger partial charge < -0.3 is 0 Å². The van der Waals surface area contributed by atoms with Crippen molar-refractivity contribution in [3.05, 3.63) is 69.7 Å². The van der Waals surface area contributed by atoms with Gasteiger partial charge in [0.2, 0.25) is 0 Å². The van der Waals surface area contributed by atoms with Crippen LogP contribution in [0.3, 0.4) is 0 Å². The first kappa shape index (κ1) is 15.1. The molecule has 0 bridgehead atoms. The van der Waals surface area contributed by atoms with Crippen LogP contribution in [-0.2, 0) is 0 Å². The van der Waals surface area contributed by atoms with E-state index in [1.54, 1.807) is 0 Å². The molecule has 0 aliphatic carbocycles. The first-order valence-corrected chi connectivity index (χ1v) is 7.48. The maximum Gasteiger partial charge on any atom is 0.0632 e. The number of thiol groups is 2. The van der Waals surface area contributed by atoms with Gasteiger partial charge in [0.1, 0.15) is 0 Å². The normalized spacial score (nSPS) is 11.9. The van der Waals surface area contributed by atoms with Crippen molar-refractivity contribution >= 4 is 48.5 Å². The molecule has 2 aromatic carbocycles. The van der Waals surface area contributed by atoms with Gasteiger partial charge in [0.25, 0.3) is 0 Å². The van der Waals surface area contributed by atoms with Crippen LogP contribution in [0.4, 0.5) is 0 Å². The first-order chi connectivity index (χ1) is 8.88. The quantitative estimate of drug-likeness (QED) is 0.524. The molecule has 0 saturated carbocycles. The molecule has 0 aliphatic heterocycles. The minimum Gasteiger partial charge on any atom is -0.161 e. The molecule has 100 valence electrons. The molecule has 0 aromatic heterocycles. The molecule has 0 unspecified atom stereocenters. The summed E-state index contributed by atoms with van der Waals surface area (Å²) in [5.41, 5.74) is 2.25. The molecule has 2 rings (SSSR count). The van der Waals surface area contributed by atoms with Crippen LogP contribution in [-0.4, -0.2) is 4.08 Å². The molecule has 0 N–H and O–H groups in total. The summed E-state index contributed by atoms with van der Waals surface area (Å²) in [6.45, 7) is 1.98. The lowest BCUT2D eigenvalue weighted by molar-refractivity contribution is 0.758. The molecule has 0 heterocycles. The zero-order valence-electron chi connectivity index (χ0n) is 10.3. The van der Waals surface area contributed by atoms with Gasteiger partial charge in [0.15, 0.2) is 0 Å². The number of benzene rings is 2. The van der Waals surface area contributed by atoms with Crippen molar-refractivity contribution in [2.75, 3.05) is 0 Å². The molecule has 4 heteroatoms. The van der Waals surface area contributed by atoms with Gasteiger partial charge in [-0.15, -0.1) is 0 Å². The van der Waals surface area contributed by atoms with Gasteiger partial charge >= 0.3 is 0 Å². The molecule has 0 amide bonds. The fourth-order valence-electron chi connectivity index (χ4n) is 2.13. The maximum atomic E-state index is 5.94. The maximum absolute atomic E-state index is 5.94. The predicted molar refractivity (Wildman–Crippen MR) is 91.1 cm³/mol. The second-order valence-corrected chi connectivity index (χ2v) is 7.71. The first-order valence-electron chi connectivity index (χ1n) is 5.83.